The molecular weight excluding hydrogens is 308 g/mol. The lowest BCUT2D eigenvalue weighted by Crippen LogP contribution is -2.41. The molecule has 0 radical (unpaired) electrons. The van der Waals surface area contributed by atoms with E-state index in [1.165, 1.54) is 36.8 Å². The third-order valence-electron chi connectivity index (χ3n) is 5.67. The summed E-state index contributed by atoms with van der Waals surface area (Å²) in [6, 6.07) is 0.678. The van der Waals surface area contributed by atoms with Crippen LogP contribution in [0.15, 0.2) is 39.8 Å². The molecule has 140 valence electrons. The first-order valence-electron chi connectivity index (χ1n) is 9.43. The summed E-state index contributed by atoms with van der Waals surface area (Å²) in [7, 11) is 4.35. The van der Waals surface area contributed by atoms with Crippen LogP contribution in [-0.2, 0) is 0 Å². The van der Waals surface area contributed by atoms with Gasteiger partial charge in [0.1, 0.15) is 5.82 Å². The number of hydrogen-bond donors (Lipinski definition) is 1. The van der Waals surface area contributed by atoms with Crippen LogP contribution >= 0.6 is 0 Å². The molecule has 0 aromatic rings. The highest BCUT2D eigenvalue weighted by Gasteiger charge is 2.38. The predicted octanol–water partition coefficient (Wildman–Crippen LogP) is 3.94. The first kappa shape index (κ1) is 19.8. The van der Waals surface area contributed by atoms with Crippen LogP contribution in [0.5, 0.6) is 0 Å². The molecule has 0 atom stereocenters. The molecule has 2 rings (SSSR count). The lowest BCUT2D eigenvalue weighted by Gasteiger charge is -2.38. The van der Waals surface area contributed by atoms with Gasteiger partial charge in [0.2, 0.25) is 0 Å². The molecule has 2 aliphatic rings. The molecule has 1 N–H and O–H groups in total. The smallest absolute Gasteiger partial charge is 0.129 e. The maximum atomic E-state index is 4.45. The average Bonchev–Trinajstić information content (AvgIpc) is 3.29. The molecule has 0 aromatic carbocycles. The monoisotopic (exact) mass is 344 g/mol. The van der Waals surface area contributed by atoms with Crippen LogP contribution in [0.4, 0.5) is 0 Å². The Morgan fingerprint density at radius 3 is 2.12 bits per heavy atom. The summed E-state index contributed by atoms with van der Waals surface area (Å²) in [6.07, 6.45) is 4.77. The van der Waals surface area contributed by atoms with Crippen molar-refractivity contribution in [3.05, 3.63) is 34.8 Å². The average molecular weight is 345 g/mol. The molecule has 25 heavy (non-hydrogen) atoms. The van der Waals surface area contributed by atoms with E-state index in [0.29, 0.717) is 6.04 Å². The van der Waals surface area contributed by atoms with Crippen molar-refractivity contribution in [1.82, 2.24) is 15.1 Å². The van der Waals surface area contributed by atoms with Crippen LogP contribution in [0.2, 0.25) is 0 Å². The van der Waals surface area contributed by atoms with Gasteiger partial charge in [-0.3, -0.25) is 0 Å². The topological polar surface area (TPSA) is 30.9 Å². The predicted molar refractivity (Wildman–Crippen MR) is 109 cm³/mol. The summed E-state index contributed by atoms with van der Waals surface area (Å²) in [5, 5.41) is 3.58. The minimum atomic E-state index is 0.190. The second-order valence-corrected chi connectivity index (χ2v) is 8.32. The van der Waals surface area contributed by atoms with Crippen LogP contribution in [0.25, 0.3) is 0 Å². The number of nitrogens with one attached hydrogen (secondary N) is 1. The van der Waals surface area contributed by atoms with Crippen molar-refractivity contribution < 1.29 is 0 Å². The second kappa shape index (κ2) is 7.77. The first-order chi connectivity index (χ1) is 11.7. The van der Waals surface area contributed by atoms with Crippen molar-refractivity contribution in [3.63, 3.8) is 0 Å². The van der Waals surface area contributed by atoms with E-state index in [4.69, 9.17) is 0 Å². The molecule has 0 bridgehead atoms. The molecule has 0 aromatic heterocycles. The molecule has 2 fully saturated rings. The zero-order chi connectivity index (χ0) is 18.8. The molecule has 4 nitrogen and oxygen atoms in total. The molecule has 4 heteroatoms. The van der Waals surface area contributed by atoms with Crippen LogP contribution in [0.1, 0.15) is 53.4 Å². The lowest BCUT2D eigenvalue weighted by molar-refractivity contribution is 0.172. The molecule has 0 spiro atoms. The third-order valence-corrected chi connectivity index (χ3v) is 5.67. The van der Waals surface area contributed by atoms with Crippen molar-refractivity contribution in [2.45, 2.75) is 65.0 Å². The van der Waals surface area contributed by atoms with Crippen LogP contribution in [0.3, 0.4) is 0 Å². The normalized spacial score (nSPS) is 20.8. The van der Waals surface area contributed by atoms with Crippen molar-refractivity contribution in [1.29, 1.82) is 0 Å². The maximum absolute atomic E-state index is 4.45. The van der Waals surface area contributed by atoms with E-state index < -0.39 is 0 Å². The van der Waals surface area contributed by atoms with E-state index in [1.54, 1.807) is 0 Å². The van der Waals surface area contributed by atoms with Gasteiger partial charge in [-0.05, 0) is 74.2 Å². The summed E-state index contributed by atoms with van der Waals surface area (Å²) < 4.78 is 0. The van der Waals surface area contributed by atoms with Gasteiger partial charge in [0, 0.05) is 41.5 Å². The van der Waals surface area contributed by atoms with E-state index in [1.807, 2.05) is 0 Å². The van der Waals surface area contributed by atoms with E-state index in [0.717, 1.165) is 30.2 Å². The number of likely N-dealkylation sites (tertiary alicyclic amines) is 1. The van der Waals surface area contributed by atoms with E-state index in [2.05, 4.69) is 75.2 Å². The summed E-state index contributed by atoms with van der Waals surface area (Å²) in [5.41, 5.74) is 4.97. The summed E-state index contributed by atoms with van der Waals surface area (Å²) in [4.78, 5) is 9.07. The highest BCUT2D eigenvalue weighted by atomic mass is 15.2. The van der Waals surface area contributed by atoms with Crippen LogP contribution in [0, 0.1) is 0 Å². The van der Waals surface area contributed by atoms with Crippen LogP contribution < -0.4 is 5.32 Å². The minimum Gasteiger partial charge on any atom is -0.371 e. The minimum absolute atomic E-state index is 0.190. The largest absolute Gasteiger partial charge is 0.371 e. The Morgan fingerprint density at radius 1 is 1.16 bits per heavy atom. The number of aliphatic imine (C=N–C) groups is 1. The number of piperidine rings is 1. The van der Waals surface area contributed by atoms with E-state index >= 15 is 0 Å². The standard InChI is InChI=1S/C21H36N4/c1-15(2)19(16(3)20(22-6)23-21(5)11-12-21)17(4)25-13-9-18(10-14-25)24(7)8/h18,23H,4,6,9-14H2,1-3,5,7-8H3/b20-16-. The summed E-state index contributed by atoms with van der Waals surface area (Å²) in [5.74, 6) is 0.903. The highest BCUT2D eigenvalue weighted by molar-refractivity contribution is 5.49. The van der Waals surface area contributed by atoms with Gasteiger partial charge in [-0.2, -0.15) is 0 Å². The van der Waals surface area contributed by atoms with Crippen molar-refractivity contribution >= 4 is 6.72 Å². The SMILES string of the molecule is C=N/C(NC1(C)CC1)=C(\C)C(C(=C)N1CCC(N(C)C)CC1)=C(C)C. The fourth-order valence-electron chi connectivity index (χ4n) is 3.66. The second-order valence-electron chi connectivity index (χ2n) is 8.32. The van der Waals surface area contributed by atoms with Gasteiger partial charge in [-0.15, -0.1) is 0 Å². The molecule has 1 heterocycles. The molecule has 0 unspecified atom stereocenters. The maximum Gasteiger partial charge on any atom is 0.129 e. The molecule has 0 amide bonds. The van der Waals surface area contributed by atoms with Crippen LogP contribution in [-0.4, -0.2) is 55.3 Å². The molecule has 1 saturated heterocycles. The zero-order valence-electron chi connectivity index (χ0n) is 17.1. The number of allylic oxidation sites excluding steroid dienone is 2. The molecule has 1 aliphatic carbocycles. The zero-order valence-corrected chi connectivity index (χ0v) is 17.1. The van der Waals surface area contributed by atoms with Gasteiger partial charge >= 0.3 is 0 Å². The van der Waals surface area contributed by atoms with Gasteiger partial charge < -0.3 is 15.1 Å². The van der Waals surface area contributed by atoms with Gasteiger partial charge in [0.25, 0.3) is 0 Å². The number of nitrogens with zero attached hydrogens (tertiary/aromatic N) is 3. The van der Waals surface area contributed by atoms with Crippen molar-refractivity contribution in [2.24, 2.45) is 4.99 Å². The highest BCUT2D eigenvalue weighted by Crippen LogP contribution is 2.37. The summed E-state index contributed by atoms with van der Waals surface area (Å²) in [6.45, 7) is 19.1. The lowest BCUT2D eigenvalue weighted by atomic mass is 9.96. The molecular formula is C21H36N4. The fraction of sp³-hybridized carbons (Fsp3) is 0.667. The van der Waals surface area contributed by atoms with E-state index in [-0.39, 0.29) is 5.54 Å². The van der Waals surface area contributed by atoms with E-state index in [9.17, 15) is 0 Å². The first-order valence-corrected chi connectivity index (χ1v) is 9.43. The number of rotatable bonds is 7. The van der Waals surface area contributed by atoms with Gasteiger partial charge in [-0.25, -0.2) is 4.99 Å². The Kier molecular flexibility index (Phi) is 6.15. The quantitative estimate of drug-likeness (QED) is 0.561. The Morgan fingerprint density at radius 2 is 1.72 bits per heavy atom. The fourth-order valence-corrected chi connectivity index (χ4v) is 3.66. The Hall–Kier alpha value is -1.55. The third kappa shape index (κ3) is 4.75. The number of hydrogen-bond acceptors (Lipinski definition) is 4. The molecule has 1 saturated carbocycles. The van der Waals surface area contributed by atoms with Gasteiger partial charge in [0.15, 0.2) is 0 Å². The van der Waals surface area contributed by atoms with Gasteiger partial charge in [0.05, 0.1) is 0 Å². The Balaban J connectivity index is 2.19. The van der Waals surface area contributed by atoms with Crippen molar-refractivity contribution in [2.75, 3.05) is 27.2 Å². The van der Waals surface area contributed by atoms with Gasteiger partial charge in [-0.1, -0.05) is 12.2 Å². The summed E-state index contributed by atoms with van der Waals surface area (Å²) >= 11 is 0. The molecule has 1 aliphatic heterocycles. The Bertz CT molecular complexity index is 581. The Labute approximate surface area is 154 Å². The van der Waals surface area contributed by atoms with Crippen molar-refractivity contribution in [3.8, 4) is 0 Å².